The van der Waals surface area contributed by atoms with Gasteiger partial charge in [0.25, 0.3) is 0 Å². The van der Waals surface area contributed by atoms with Crippen LogP contribution < -0.4 is 4.74 Å². The number of ether oxygens (including phenoxy) is 1. The second kappa shape index (κ2) is 4.93. The molecule has 0 spiro atoms. The van der Waals surface area contributed by atoms with Gasteiger partial charge in [-0.25, -0.2) is 0 Å². The van der Waals surface area contributed by atoms with Crippen LogP contribution in [0.1, 0.15) is 11.1 Å². The van der Waals surface area contributed by atoms with Gasteiger partial charge in [-0.15, -0.1) is 0 Å². The van der Waals surface area contributed by atoms with Gasteiger partial charge in [0.1, 0.15) is 18.1 Å². The Bertz CT molecular complexity index is 742. The number of nitrogens with zero attached hydrogens (tertiary/aromatic N) is 1. The molecular weight excluding hydrogens is 250 g/mol. The lowest BCUT2D eigenvalue weighted by molar-refractivity contribution is 0.307. The lowest BCUT2D eigenvalue weighted by Gasteiger charge is -2.05. The largest absolute Gasteiger partial charge is 0.508 e. The molecule has 3 aromatic rings. The Labute approximate surface area is 118 Å². The van der Waals surface area contributed by atoms with Gasteiger partial charge in [0.15, 0.2) is 0 Å². The van der Waals surface area contributed by atoms with Crippen molar-refractivity contribution < 1.29 is 9.84 Å². The standard InChI is InChI=1S/C17H17NO2/c1-12-3-6-15(7-4-12)20-11-13-10-18(2)17-9-14(19)5-8-16(13)17/h3-10,19H,11H2,1-2H3. The lowest BCUT2D eigenvalue weighted by Crippen LogP contribution is -1.94. The van der Waals surface area contributed by atoms with Crippen LogP contribution in [0.2, 0.25) is 0 Å². The van der Waals surface area contributed by atoms with Gasteiger partial charge in [0, 0.05) is 30.3 Å². The van der Waals surface area contributed by atoms with Gasteiger partial charge in [0.05, 0.1) is 5.52 Å². The topological polar surface area (TPSA) is 34.4 Å². The fourth-order valence-electron chi connectivity index (χ4n) is 2.37. The molecule has 3 rings (SSSR count). The van der Waals surface area contributed by atoms with Crippen LogP contribution in [0.3, 0.4) is 0 Å². The zero-order chi connectivity index (χ0) is 14.1. The monoisotopic (exact) mass is 267 g/mol. The summed E-state index contributed by atoms with van der Waals surface area (Å²) < 4.78 is 7.83. The highest BCUT2D eigenvalue weighted by atomic mass is 16.5. The average molecular weight is 267 g/mol. The highest BCUT2D eigenvalue weighted by Crippen LogP contribution is 2.25. The minimum absolute atomic E-state index is 0.282. The number of benzene rings is 2. The molecule has 102 valence electrons. The van der Waals surface area contributed by atoms with Gasteiger partial charge in [-0.3, -0.25) is 0 Å². The molecule has 0 radical (unpaired) electrons. The van der Waals surface area contributed by atoms with Crippen LogP contribution in [0.25, 0.3) is 10.9 Å². The van der Waals surface area contributed by atoms with E-state index in [1.165, 1.54) is 5.56 Å². The molecule has 1 heterocycles. The van der Waals surface area contributed by atoms with Gasteiger partial charge in [-0.1, -0.05) is 17.7 Å². The normalized spacial score (nSPS) is 10.9. The fourth-order valence-corrected chi connectivity index (χ4v) is 2.37. The molecule has 0 atom stereocenters. The summed E-state index contributed by atoms with van der Waals surface area (Å²) in [4.78, 5) is 0. The summed E-state index contributed by atoms with van der Waals surface area (Å²) in [6.07, 6.45) is 2.04. The number of aryl methyl sites for hydroxylation is 2. The molecule has 3 heteroatoms. The molecule has 20 heavy (non-hydrogen) atoms. The molecule has 1 N–H and O–H groups in total. The third kappa shape index (κ3) is 2.35. The predicted octanol–water partition coefficient (Wildman–Crippen LogP) is 3.77. The van der Waals surface area contributed by atoms with Crippen LogP contribution in [-0.2, 0) is 13.7 Å². The molecular formula is C17H17NO2. The molecule has 0 aliphatic carbocycles. The minimum Gasteiger partial charge on any atom is -0.508 e. The molecule has 0 saturated carbocycles. The van der Waals surface area contributed by atoms with E-state index in [1.807, 2.05) is 48.1 Å². The summed E-state index contributed by atoms with van der Waals surface area (Å²) in [5, 5.41) is 10.7. The number of aromatic nitrogens is 1. The molecule has 0 aliphatic heterocycles. The van der Waals surface area contributed by atoms with E-state index in [0.717, 1.165) is 22.2 Å². The summed E-state index contributed by atoms with van der Waals surface area (Å²) in [7, 11) is 1.97. The Morgan fingerprint density at radius 2 is 1.85 bits per heavy atom. The molecule has 0 unspecified atom stereocenters. The van der Waals surface area contributed by atoms with Crippen molar-refractivity contribution in [1.82, 2.24) is 4.57 Å². The van der Waals surface area contributed by atoms with Crippen molar-refractivity contribution in [3.63, 3.8) is 0 Å². The van der Waals surface area contributed by atoms with Gasteiger partial charge < -0.3 is 14.4 Å². The number of fused-ring (bicyclic) bond motifs is 1. The van der Waals surface area contributed by atoms with Crippen molar-refractivity contribution in [2.24, 2.45) is 7.05 Å². The molecule has 0 amide bonds. The molecule has 0 bridgehead atoms. The first-order chi connectivity index (χ1) is 9.63. The van der Waals surface area contributed by atoms with Crippen LogP contribution in [-0.4, -0.2) is 9.67 Å². The van der Waals surface area contributed by atoms with Gasteiger partial charge in [-0.05, 0) is 31.2 Å². The third-order valence-corrected chi connectivity index (χ3v) is 3.47. The second-order valence-electron chi connectivity index (χ2n) is 5.07. The average Bonchev–Trinajstić information content (AvgIpc) is 2.74. The number of aromatic hydroxyl groups is 1. The summed E-state index contributed by atoms with van der Waals surface area (Å²) in [6, 6.07) is 13.4. The van der Waals surface area contributed by atoms with Crippen LogP contribution in [0, 0.1) is 6.92 Å². The van der Waals surface area contributed by atoms with Crippen molar-refractivity contribution in [2.75, 3.05) is 0 Å². The summed E-state index contributed by atoms with van der Waals surface area (Å²) in [6.45, 7) is 2.58. The molecule has 2 aromatic carbocycles. The Morgan fingerprint density at radius 3 is 2.60 bits per heavy atom. The quantitative estimate of drug-likeness (QED) is 0.783. The maximum absolute atomic E-state index is 9.55. The van der Waals surface area contributed by atoms with Crippen molar-refractivity contribution >= 4 is 10.9 Å². The second-order valence-corrected chi connectivity index (χ2v) is 5.07. The number of phenolic OH excluding ortho intramolecular Hbond substituents is 1. The lowest BCUT2D eigenvalue weighted by atomic mass is 10.2. The van der Waals surface area contributed by atoms with Crippen LogP contribution >= 0.6 is 0 Å². The molecule has 0 fully saturated rings. The summed E-state index contributed by atoms with van der Waals surface area (Å²) in [5.41, 5.74) is 3.34. The molecule has 3 nitrogen and oxygen atoms in total. The fraction of sp³-hybridized carbons (Fsp3) is 0.176. The van der Waals surface area contributed by atoms with Gasteiger partial charge in [-0.2, -0.15) is 0 Å². The summed E-state index contributed by atoms with van der Waals surface area (Å²) in [5.74, 6) is 1.15. The predicted molar refractivity (Wildman–Crippen MR) is 80.1 cm³/mol. The van der Waals surface area contributed by atoms with Crippen LogP contribution in [0.5, 0.6) is 11.5 Å². The van der Waals surface area contributed by atoms with E-state index in [9.17, 15) is 5.11 Å². The van der Waals surface area contributed by atoms with Crippen molar-refractivity contribution in [3.8, 4) is 11.5 Å². The van der Waals surface area contributed by atoms with Gasteiger partial charge >= 0.3 is 0 Å². The zero-order valence-corrected chi connectivity index (χ0v) is 11.6. The maximum Gasteiger partial charge on any atom is 0.119 e. The van der Waals surface area contributed by atoms with Crippen molar-refractivity contribution in [3.05, 3.63) is 59.8 Å². The van der Waals surface area contributed by atoms with Crippen LogP contribution in [0.4, 0.5) is 0 Å². The number of hydrogen-bond acceptors (Lipinski definition) is 2. The van der Waals surface area contributed by atoms with E-state index in [-0.39, 0.29) is 5.75 Å². The Kier molecular flexibility index (Phi) is 3.11. The summed E-state index contributed by atoms with van der Waals surface area (Å²) >= 11 is 0. The van der Waals surface area contributed by atoms with Crippen molar-refractivity contribution in [1.29, 1.82) is 0 Å². The molecule has 1 aromatic heterocycles. The number of rotatable bonds is 3. The first kappa shape index (κ1) is 12.6. The zero-order valence-electron chi connectivity index (χ0n) is 11.6. The van der Waals surface area contributed by atoms with E-state index in [0.29, 0.717) is 6.61 Å². The highest BCUT2D eigenvalue weighted by molar-refractivity contribution is 5.85. The number of phenols is 1. The molecule has 0 aliphatic rings. The van der Waals surface area contributed by atoms with E-state index >= 15 is 0 Å². The Hall–Kier alpha value is -2.42. The minimum atomic E-state index is 0.282. The Balaban J connectivity index is 1.86. The first-order valence-electron chi connectivity index (χ1n) is 6.60. The first-order valence-corrected chi connectivity index (χ1v) is 6.60. The number of hydrogen-bond donors (Lipinski definition) is 1. The van der Waals surface area contributed by atoms with E-state index < -0.39 is 0 Å². The smallest absolute Gasteiger partial charge is 0.119 e. The third-order valence-electron chi connectivity index (χ3n) is 3.47. The van der Waals surface area contributed by atoms with E-state index in [4.69, 9.17) is 4.74 Å². The van der Waals surface area contributed by atoms with E-state index in [1.54, 1.807) is 12.1 Å². The molecule has 0 saturated heterocycles. The highest BCUT2D eigenvalue weighted by Gasteiger charge is 2.08. The Morgan fingerprint density at radius 1 is 1.10 bits per heavy atom. The SMILES string of the molecule is Cc1ccc(OCc2cn(C)c3cc(O)ccc23)cc1. The van der Waals surface area contributed by atoms with E-state index in [2.05, 4.69) is 6.92 Å². The van der Waals surface area contributed by atoms with Crippen molar-refractivity contribution in [2.45, 2.75) is 13.5 Å². The van der Waals surface area contributed by atoms with Crippen LogP contribution in [0.15, 0.2) is 48.7 Å². The van der Waals surface area contributed by atoms with Gasteiger partial charge in [0.2, 0.25) is 0 Å². The maximum atomic E-state index is 9.55.